The van der Waals surface area contributed by atoms with Gasteiger partial charge in [-0.15, -0.1) is 11.3 Å². The highest BCUT2D eigenvalue weighted by molar-refractivity contribution is 7.15. The molecule has 104 valence electrons. The van der Waals surface area contributed by atoms with Crippen molar-refractivity contribution in [2.24, 2.45) is 0 Å². The number of esters is 1. The molecular formula is C14H20N2O2S. The Morgan fingerprint density at radius 3 is 2.95 bits per heavy atom. The number of carbonyl (C=O) groups is 1. The van der Waals surface area contributed by atoms with Crippen molar-refractivity contribution in [1.29, 1.82) is 0 Å². The van der Waals surface area contributed by atoms with Gasteiger partial charge in [-0.3, -0.25) is 4.79 Å². The van der Waals surface area contributed by atoms with Crippen LogP contribution in [0.25, 0.3) is 0 Å². The van der Waals surface area contributed by atoms with E-state index in [1.54, 1.807) is 11.3 Å². The van der Waals surface area contributed by atoms with E-state index in [0.29, 0.717) is 12.6 Å². The number of thiazole rings is 1. The van der Waals surface area contributed by atoms with Crippen LogP contribution in [0, 0.1) is 0 Å². The summed E-state index contributed by atoms with van der Waals surface area (Å²) in [5.74, 6) is -0.249. The second kappa shape index (κ2) is 5.49. The Hall–Kier alpha value is -1.10. The van der Waals surface area contributed by atoms with Gasteiger partial charge < -0.3 is 10.1 Å². The van der Waals surface area contributed by atoms with Gasteiger partial charge in [0.1, 0.15) is 5.92 Å². The van der Waals surface area contributed by atoms with Gasteiger partial charge in [0, 0.05) is 10.9 Å². The van der Waals surface area contributed by atoms with Gasteiger partial charge in [0.2, 0.25) is 0 Å². The maximum atomic E-state index is 12.0. The summed E-state index contributed by atoms with van der Waals surface area (Å²) in [5.41, 5.74) is 0.969. The van der Waals surface area contributed by atoms with Crippen LogP contribution < -0.4 is 5.32 Å². The largest absolute Gasteiger partial charge is 0.465 e. The monoisotopic (exact) mass is 280 g/mol. The fourth-order valence-electron chi connectivity index (χ4n) is 2.68. The maximum Gasteiger partial charge on any atom is 0.315 e. The molecule has 0 aliphatic heterocycles. The van der Waals surface area contributed by atoms with Crippen molar-refractivity contribution in [3.05, 3.63) is 10.6 Å². The normalized spacial score (nSPS) is 22.5. The summed E-state index contributed by atoms with van der Waals surface area (Å²) < 4.78 is 5.17. The highest BCUT2D eigenvalue weighted by atomic mass is 32.1. The molecule has 0 saturated heterocycles. The van der Waals surface area contributed by atoms with E-state index in [1.807, 2.05) is 6.92 Å². The van der Waals surface area contributed by atoms with Crippen LogP contribution in [-0.4, -0.2) is 23.6 Å². The lowest BCUT2D eigenvalue weighted by Gasteiger charge is -2.25. The molecule has 0 bridgehead atoms. The Kier molecular flexibility index (Phi) is 3.73. The number of nitrogens with one attached hydrogen (secondary N) is 1. The molecule has 2 aliphatic rings. The minimum Gasteiger partial charge on any atom is -0.465 e. The third-order valence-electron chi connectivity index (χ3n) is 3.96. The molecule has 1 aromatic heterocycles. The molecule has 2 aliphatic carbocycles. The minimum absolute atomic E-state index is 0.107. The second-order valence-corrected chi connectivity index (χ2v) is 6.38. The molecule has 1 aromatic rings. The summed E-state index contributed by atoms with van der Waals surface area (Å²) >= 11 is 1.72. The summed E-state index contributed by atoms with van der Waals surface area (Å²) in [6.07, 6.45) is 6.78. The van der Waals surface area contributed by atoms with E-state index in [0.717, 1.165) is 30.1 Å². The number of carbonyl (C=O) groups excluding carboxylic acids is 1. The van der Waals surface area contributed by atoms with Gasteiger partial charge in [0.05, 0.1) is 12.3 Å². The summed E-state index contributed by atoms with van der Waals surface area (Å²) in [6, 6.07) is 0.591. The molecule has 0 radical (unpaired) electrons. The Labute approximate surface area is 117 Å². The number of nitrogens with zero attached hydrogens (tertiary/aromatic N) is 1. The lowest BCUT2D eigenvalue weighted by atomic mass is 9.91. The number of anilines is 1. The second-order valence-electron chi connectivity index (χ2n) is 5.30. The number of rotatable bonds is 4. The lowest BCUT2D eigenvalue weighted by Crippen LogP contribution is -2.27. The van der Waals surface area contributed by atoms with E-state index >= 15 is 0 Å². The lowest BCUT2D eigenvalue weighted by molar-refractivity contribution is -0.145. The van der Waals surface area contributed by atoms with Crippen LogP contribution in [-0.2, 0) is 16.0 Å². The standard InChI is InChI=1S/C14H20N2O2S/c1-2-18-13(17)10-7-4-8-11-12(10)16-14(19-11)15-9-5-3-6-9/h9-10H,2-8H2,1H3,(H,15,16). The minimum atomic E-state index is -0.142. The zero-order chi connectivity index (χ0) is 13.2. The molecular weight excluding hydrogens is 260 g/mol. The molecule has 4 nitrogen and oxygen atoms in total. The third kappa shape index (κ3) is 2.61. The highest BCUT2D eigenvalue weighted by Crippen LogP contribution is 2.38. The van der Waals surface area contributed by atoms with Crippen LogP contribution in [0.1, 0.15) is 55.5 Å². The summed E-state index contributed by atoms with van der Waals surface area (Å²) in [5, 5.41) is 4.47. The molecule has 0 spiro atoms. The first-order valence-electron chi connectivity index (χ1n) is 7.20. The molecule has 1 heterocycles. The van der Waals surface area contributed by atoms with Crippen LogP contribution in [0.15, 0.2) is 0 Å². The molecule has 5 heteroatoms. The van der Waals surface area contributed by atoms with E-state index in [-0.39, 0.29) is 11.9 Å². The van der Waals surface area contributed by atoms with Gasteiger partial charge in [-0.05, 0) is 45.4 Å². The first kappa shape index (κ1) is 12.9. The molecule has 1 unspecified atom stereocenters. The molecule has 1 atom stereocenters. The molecule has 0 amide bonds. The van der Waals surface area contributed by atoms with E-state index in [2.05, 4.69) is 10.3 Å². The average molecular weight is 280 g/mol. The molecule has 3 rings (SSSR count). The first-order chi connectivity index (χ1) is 9.28. The zero-order valence-corrected chi connectivity index (χ0v) is 12.1. The van der Waals surface area contributed by atoms with E-state index in [4.69, 9.17) is 4.74 Å². The van der Waals surface area contributed by atoms with Crippen molar-refractivity contribution >= 4 is 22.4 Å². The summed E-state index contributed by atoms with van der Waals surface area (Å²) in [7, 11) is 0. The Balaban J connectivity index is 1.76. The van der Waals surface area contributed by atoms with Gasteiger partial charge in [-0.25, -0.2) is 4.98 Å². The van der Waals surface area contributed by atoms with E-state index in [9.17, 15) is 4.79 Å². The fourth-order valence-corrected chi connectivity index (χ4v) is 3.82. The fraction of sp³-hybridized carbons (Fsp3) is 0.714. The van der Waals surface area contributed by atoms with Crippen molar-refractivity contribution < 1.29 is 9.53 Å². The molecule has 1 N–H and O–H groups in total. The zero-order valence-electron chi connectivity index (χ0n) is 11.3. The van der Waals surface area contributed by atoms with Crippen molar-refractivity contribution in [1.82, 2.24) is 4.98 Å². The van der Waals surface area contributed by atoms with Crippen molar-refractivity contribution in [2.45, 2.75) is 57.4 Å². The molecule has 1 fully saturated rings. The maximum absolute atomic E-state index is 12.0. The smallest absolute Gasteiger partial charge is 0.315 e. The number of hydrogen-bond acceptors (Lipinski definition) is 5. The highest BCUT2D eigenvalue weighted by Gasteiger charge is 2.31. The predicted octanol–water partition coefficient (Wildman–Crippen LogP) is 3.09. The topological polar surface area (TPSA) is 51.2 Å². The summed E-state index contributed by atoms with van der Waals surface area (Å²) in [6.45, 7) is 2.30. The van der Waals surface area contributed by atoms with Crippen LogP contribution in [0.4, 0.5) is 5.13 Å². The van der Waals surface area contributed by atoms with Gasteiger partial charge in [0.15, 0.2) is 5.13 Å². The van der Waals surface area contributed by atoms with E-state index in [1.165, 1.54) is 24.1 Å². The quantitative estimate of drug-likeness (QED) is 0.861. The Bertz CT molecular complexity index is 468. The number of aromatic nitrogens is 1. The summed E-state index contributed by atoms with van der Waals surface area (Å²) in [4.78, 5) is 17.9. The molecule has 0 aromatic carbocycles. The first-order valence-corrected chi connectivity index (χ1v) is 8.02. The van der Waals surface area contributed by atoms with Crippen LogP contribution >= 0.6 is 11.3 Å². The predicted molar refractivity (Wildman–Crippen MR) is 75.7 cm³/mol. The molecule has 1 saturated carbocycles. The number of fused-ring (bicyclic) bond motifs is 1. The number of aryl methyl sites for hydroxylation is 1. The third-order valence-corrected chi connectivity index (χ3v) is 5.02. The van der Waals surface area contributed by atoms with E-state index < -0.39 is 0 Å². The Morgan fingerprint density at radius 1 is 1.42 bits per heavy atom. The average Bonchev–Trinajstić information content (AvgIpc) is 2.76. The van der Waals surface area contributed by atoms with Crippen molar-refractivity contribution in [2.75, 3.05) is 11.9 Å². The van der Waals surface area contributed by atoms with Crippen molar-refractivity contribution in [3.63, 3.8) is 0 Å². The number of hydrogen-bond donors (Lipinski definition) is 1. The van der Waals surface area contributed by atoms with Gasteiger partial charge in [0.25, 0.3) is 0 Å². The SMILES string of the molecule is CCOC(=O)C1CCCc2sc(NC3CCC3)nc21. The molecule has 19 heavy (non-hydrogen) atoms. The van der Waals surface area contributed by atoms with Gasteiger partial charge in [-0.1, -0.05) is 0 Å². The van der Waals surface area contributed by atoms with Crippen molar-refractivity contribution in [3.8, 4) is 0 Å². The van der Waals surface area contributed by atoms with Gasteiger partial charge >= 0.3 is 5.97 Å². The van der Waals surface area contributed by atoms with Crippen LogP contribution in [0.2, 0.25) is 0 Å². The Morgan fingerprint density at radius 2 is 2.26 bits per heavy atom. The van der Waals surface area contributed by atoms with Crippen LogP contribution in [0.5, 0.6) is 0 Å². The van der Waals surface area contributed by atoms with Gasteiger partial charge in [-0.2, -0.15) is 0 Å². The number of ether oxygens (including phenoxy) is 1. The van der Waals surface area contributed by atoms with Crippen LogP contribution in [0.3, 0.4) is 0 Å².